The van der Waals surface area contributed by atoms with E-state index < -0.39 is 6.04 Å². The van der Waals surface area contributed by atoms with Crippen LogP contribution in [-0.2, 0) is 9.59 Å². The minimum Gasteiger partial charge on any atom is -0.497 e. The molecule has 0 saturated carbocycles. The lowest BCUT2D eigenvalue weighted by Gasteiger charge is -2.25. The fourth-order valence-electron chi connectivity index (χ4n) is 3.03. The Morgan fingerprint density at radius 2 is 1.76 bits per heavy atom. The SMILES string of the molecule is COc1cccc(NC(=O)CN(C)[C@H](C)C(=O)Nc2c(C)cccc2C(C)C)c1. The van der Waals surface area contributed by atoms with Crippen LogP contribution >= 0.6 is 0 Å². The zero-order valence-electron chi connectivity index (χ0n) is 18.1. The molecule has 2 amide bonds. The van der Waals surface area contributed by atoms with E-state index in [1.165, 1.54) is 0 Å². The largest absolute Gasteiger partial charge is 0.497 e. The van der Waals surface area contributed by atoms with E-state index in [1.54, 1.807) is 38.1 Å². The highest BCUT2D eigenvalue weighted by molar-refractivity contribution is 5.97. The first-order valence-electron chi connectivity index (χ1n) is 9.77. The van der Waals surface area contributed by atoms with Crippen LogP contribution in [0.15, 0.2) is 42.5 Å². The zero-order chi connectivity index (χ0) is 21.6. The average Bonchev–Trinajstić information content (AvgIpc) is 2.68. The molecule has 2 aromatic carbocycles. The van der Waals surface area contributed by atoms with Crippen LogP contribution in [0.3, 0.4) is 0 Å². The van der Waals surface area contributed by atoms with Gasteiger partial charge in [-0.3, -0.25) is 14.5 Å². The quantitative estimate of drug-likeness (QED) is 0.706. The number of hydrogen-bond acceptors (Lipinski definition) is 4. The molecule has 0 aliphatic carbocycles. The first-order chi connectivity index (χ1) is 13.7. The maximum Gasteiger partial charge on any atom is 0.241 e. The summed E-state index contributed by atoms with van der Waals surface area (Å²) in [5.74, 6) is 0.631. The number of hydrogen-bond donors (Lipinski definition) is 2. The topological polar surface area (TPSA) is 70.7 Å². The van der Waals surface area contributed by atoms with Crippen molar-refractivity contribution < 1.29 is 14.3 Å². The normalized spacial score (nSPS) is 12.0. The predicted molar refractivity (Wildman–Crippen MR) is 118 cm³/mol. The van der Waals surface area contributed by atoms with Gasteiger partial charge in [0.1, 0.15) is 5.75 Å². The maximum absolute atomic E-state index is 12.8. The van der Waals surface area contributed by atoms with Crippen LogP contribution in [0.25, 0.3) is 0 Å². The number of carbonyl (C=O) groups excluding carboxylic acids is 2. The van der Waals surface area contributed by atoms with Gasteiger partial charge < -0.3 is 15.4 Å². The Hall–Kier alpha value is -2.86. The van der Waals surface area contributed by atoms with Crippen LogP contribution in [0.5, 0.6) is 5.75 Å². The van der Waals surface area contributed by atoms with E-state index in [9.17, 15) is 9.59 Å². The number of benzene rings is 2. The minimum absolute atomic E-state index is 0.0939. The number of amides is 2. The molecule has 2 N–H and O–H groups in total. The van der Waals surface area contributed by atoms with Crippen LogP contribution in [0.1, 0.15) is 37.8 Å². The van der Waals surface area contributed by atoms with Crippen LogP contribution in [-0.4, -0.2) is 43.5 Å². The van der Waals surface area contributed by atoms with Crippen molar-refractivity contribution in [2.45, 2.75) is 39.7 Å². The standard InChI is InChI=1S/C23H31N3O3/c1-15(2)20-12-7-9-16(3)22(20)25-23(28)17(4)26(5)14-21(27)24-18-10-8-11-19(13-18)29-6/h7-13,15,17H,14H2,1-6H3,(H,24,27)(H,25,28)/t17-/m1/s1. The number of anilines is 2. The molecule has 0 saturated heterocycles. The van der Waals surface area contributed by atoms with Crippen molar-refractivity contribution in [3.8, 4) is 5.75 Å². The Morgan fingerprint density at radius 3 is 2.41 bits per heavy atom. The van der Waals surface area contributed by atoms with Gasteiger partial charge in [0, 0.05) is 17.4 Å². The number of nitrogens with zero attached hydrogens (tertiary/aromatic N) is 1. The predicted octanol–water partition coefficient (Wildman–Crippen LogP) is 4.02. The Labute approximate surface area is 173 Å². The van der Waals surface area contributed by atoms with Gasteiger partial charge in [0.25, 0.3) is 0 Å². The monoisotopic (exact) mass is 397 g/mol. The molecule has 0 spiro atoms. The van der Waals surface area contributed by atoms with E-state index >= 15 is 0 Å². The van der Waals surface area contributed by atoms with Crippen LogP contribution in [0.2, 0.25) is 0 Å². The summed E-state index contributed by atoms with van der Waals surface area (Å²) < 4.78 is 5.17. The number of carbonyl (C=O) groups is 2. The maximum atomic E-state index is 12.8. The summed E-state index contributed by atoms with van der Waals surface area (Å²) >= 11 is 0. The average molecular weight is 398 g/mol. The molecule has 0 aromatic heterocycles. The van der Waals surface area contributed by atoms with E-state index in [-0.39, 0.29) is 18.4 Å². The summed E-state index contributed by atoms with van der Waals surface area (Å²) in [5, 5.41) is 5.88. The third-order valence-corrected chi connectivity index (χ3v) is 4.96. The van der Waals surface area contributed by atoms with E-state index in [4.69, 9.17) is 4.74 Å². The molecular weight excluding hydrogens is 366 g/mol. The van der Waals surface area contributed by atoms with Gasteiger partial charge in [0.2, 0.25) is 11.8 Å². The molecule has 0 aliphatic heterocycles. The zero-order valence-corrected chi connectivity index (χ0v) is 18.1. The molecule has 2 aromatic rings. The third kappa shape index (κ3) is 6.06. The highest BCUT2D eigenvalue weighted by Gasteiger charge is 2.22. The number of ether oxygens (including phenoxy) is 1. The van der Waals surface area contributed by atoms with Crippen molar-refractivity contribution in [1.82, 2.24) is 4.90 Å². The minimum atomic E-state index is -0.467. The van der Waals surface area contributed by atoms with Gasteiger partial charge in [-0.2, -0.15) is 0 Å². The Kier molecular flexibility index (Phi) is 7.79. The molecule has 0 radical (unpaired) electrons. The lowest BCUT2D eigenvalue weighted by Crippen LogP contribution is -2.43. The van der Waals surface area contributed by atoms with Gasteiger partial charge in [-0.25, -0.2) is 0 Å². The second-order valence-corrected chi connectivity index (χ2v) is 7.55. The molecule has 0 heterocycles. The van der Waals surface area contributed by atoms with Crippen molar-refractivity contribution in [2.24, 2.45) is 0 Å². The highest BCUT2D eigenvalue weighted by atomic mass is 16.5. The smallest absolute Gasteiger partial charge is 0.241 e. The summed E-state index contributed by atoms with van der Waals surface area (Å²) in [4.78, 5) is 26.9. The summed E-state index contributed by atoms with van der Waals surface area (Å²) in [6.45, 7) is 8.07. The number of para-hydroxylation sites is 1. The third-order valence-electron chi connectivity index (χ3n) is 4.96. The Bertz CT molecular complexity index is 864. The first-order valence-corrected chi connectivity index (χ1v) is 9.77. The van der Waals surface area contributed by atoms with Gasteiger partial charge in [0.05, 0.1) is 19.7 Å². The molecular formula is C23H31N3O3. The molecule has 1 atom stereocenters. The molecule has 0 fully saturated rings. The van der Waals surface area contributed by atoms with Gasteiger partial charge in [-0.15, -0.1) is 0 Å². The molecule has 2 rings (SSSR count). The van der Waals surface area contributed by atoms with Crippen LogP contribution < -0.4 is 15.4 Å². The fourth-order valence-corrected chi connectivity index (χ4v) is 3.03. The van der Waals surface area contributed by atoms with Gasteiger partial charge in [0.15, 0.2) is 0 Å². The summed E-state index contributed by atoms with van der Waals surface area (Å²) in [5.41, 5.74) is 3.63. The molecule has 156 valence electrons. The number of methoxy groups -OCH3 is 1. The lowest BCUT2D eigenvalue weighted by atomic mass is 9.98. The fraction of sp³-hybridized carbons (Fsp3) is 0.391. The number of nitrogens with one attached hydrogen (secondary N) is 2. The second kappa shape index (κ2) is 10.1. The molecule has 0 aliphatic rings. The first kappa shape index (κ1) is 22.4. The molecule has 0 bridgehead atoms. The van der Waals surface area contributed by atoms with E-state index in [0.29, 0.717) is 17.4 Å². The molecule has 0 unspecified atom stereocenters. The Morgan fingerprint density at radius 1 is 1.07 bits per heavy atom. The van der Waals surface area contributed by atoms with Crippen molar-refractivity contribution in [2.75, 3.05) is 31.3 Å². The number of likely N-dealkylation sites (N-methyl/N-ethyl adjacent to an activating group) is 1. The van der Waals surface area contributed by atoms with E-state index in [0.717, 1.165) is 16.8 Å². The molecule has 6 heteroatoms. The van der Waals surface area contributed by atoms with Gasteiger partial charge >= 0.3 is 0 Å². The highest BCUT2D eigenvalue weighted by Crippen LogP contribution is 2.27. The summed E-state index contributed by atoms with van der Waals surface area (Å²) in [6, 6.07) is 12.7. The van der Waals surface area contributed by atoms with E-state index in [1.807, 2.05) is 37.3 Å². The van der Waals surface area contributed by atoms with Crippen molar-refractivity contribution in [1.29, 1.82) is 0 Å². The van der Waals surface area contributed by atoms with Gasteiger partial charge in [-0.1, -0.05) is 38.1 Å². The lowest BCUT2D eigenvalue weighted by molar-refractivity contribution is -0.122. The van der Waals surface area contributed by atoms with Crippen molar-refractivity contribution >= 4 is 23.2 Å². The number of rotatable bonds is 8. The summed E-state index contributed by atoms with van der Waals surface area (Å²) in [7, 11) is 3.34. The second-order valence-electron chi connectivity index (χ2n) is 7.55. The van der Waals surface area contributed by atoms with Crippen LogP contribution in [0, 0.1) is 6.92 Å². The van der Waals surface area contributed by atoms with Crippen molar-refractivity contribution in [3.63, 3.8) is 0 Å². The Balaban J connectivity index is 2.00. The van der Waals surface area contributed by atoms with Gasteiger partial charge in [-0.05, 0) is 50.1 Å². The number of aryl methyl sites for hydroxylation is 1. The molecule has 29 heavy (non-hydrogen) atoms. The van der Waals surface area contributed by atoms with Crippen molar-refractivity contribution in [3.05, 3.63) is 53.6 Å². The summed E-state index contributed by atoms with van der Waals surface area (Å²) in [6.07, 6.45) is 0. The van der Waals surface area contributed by atoms with Crippen LogP contribution in [0.4, 0.5) is 11.4 Å². The molecule has 6 nitrogen and oxygen atoms in total. The van der Waals surface area contributed by atoms with E-state index in [2.05, 4.69) is 24.5 Å².